The lowest BCUT2D eigenvalue weighted by Gasteiger charge is -2.09. The second kappa shape index (κ2) is 5.87. The van der Waals surface area contributed by atoms with Crippen molar-refractivity contribution in [3.05, 3.63) is 39.8 Å². The molecule has 0 aliphatic rings. The first-order chi connectivity index (χ1) is 9.93. The normalized spacial score (nSPS) is 10.6. The Balaban J connectivity index is 2.47. The molecule has 0 aliphatic carbocycles. The monoisotopic (exact) mass is 288 g/mol. The fourth-order valence-corrected chi connectivity index (χ4v) is 2.07. The maximum Gasteiger partial charge on any atom is 0.338 e. The quantitative estimate of drug-likeness (QED) is 0.796. The molecule has 1 aromatic carbocycles. The molecule has 21 heavy (non-hydrogen) atoms. The van der Waals surface area contributed by atoms with Crippen LogP contribution in [0.4, 0.5) is 0 Å². The van der Waals surface area contributed by atoms with E-state index in [0.717, 1.165) is 0 Å². The fourth-order valence-electron chi connectivity index (χ4n) is 2.07. The number of hydrogen-bond donors (Lipinski definition) is 0. The van der Waals surface area contributed by atoms with Crippen LogP contribution < -0.4 is 5.56 Å². The summed E-state index contributed by atoms with van der Waals surface area (Å²) >= 11 is 0. The van der Waals surface area contributed by atoms with Gasteiger partial charge in [0.1, 0.15) is 12.3 Å². The van der Waals surface area contributed by atoms with E-state index in [1.54, 1.807) is 29.7 Å². The molecule has 0 saturated carbocycles. The van der Waals surface area contributed by atoms with Crippen LogP contribution in [0.2, 0.25) is 0 Å². The standard InChI is InChI=1S/C15H16N2O4/c1-4-17-13-6-5-11(15(20)21-8-9(2)18)7-12(13)16-10(3)14(17)19/h5-7H,4,8H2,1-3H3. The molecule has 0 bridgehead atoms. The van der Waals surface area contributed by atoms with E-state index >= 15 is 0 Å². The third-order valence-electron chi connectivity index (χ3n) is 3.07. The minimum atomic E-state index is -0.583. The number of carbonyl (C=O) groups excluding carboxylic acids is 2. The molecular formula is C15H16N2O4. The Morgan fingerprint density at radius 3 is 2.67 bits per heavy atom. The number of hydrogen-bond acceptors (Lipinski definition) is 5. The Morgan fingerprint density at radius 1 is 1.33 bits per heavy atom. The van der Waals surface area contributed by atoms with Gasteiger partial charge >= 0.3 is 5.97 Å². The molecule has 2 aromatic rings. The number of fused-ring (bicyclic) bond motifs is 1. The van der Waals surface area contributed by atoms with Gasteiger partial charge in [0.15, 0.2) is 5.78 Å². The first-order valence-electron chi connectivity index (χ1n) is 6.61. The third kappa shape index (κ3) is 2.99. The number of ether oxygens (including phenoxy) is 1. The van der Waals surface area contributed by atoms with Crippen LogP contribution in [0.15, 0.2) is 23.0 Å². The Morgan fingerprint density at radius 2 is 2.05 bits per heavy atom. The Kier molecular flexibility index (Phi) is 4.16. The van der Waals surface area contributed by atoms with Crippen LogP contribution in [0.25, 0.3) is 11.0 Å². The van der Waals surface area contributed by atoms with Gasteiger partial charge in [0.05, 0.1) is 16.6 Å². The molecule has 0 atom stereocenters. The number of aryl methyl sites for hydroxylation is 2. The van der Waals surface area contributed by atoms with Gasteiger partial charge in [0, 0.05) is 6.54 Å². The summed E-state index contributed by atoms with van der Waals surface area (Å²) < 4.78 is 6.46. The lowest BCUT2D eigenvalue weighted by Crippen LogP contribution is -2.23. The Bertz CT molecular complexity index is 777. The Hall–Kier alpha value is -2.50. The van der Waals surface area contributed by atoms with Gasteiger partial charge in [0.2, 0.25) is 0 Å². The number of benzene rings is 1. The van der Waals surface area contributed by atoms with Gasteiger partial charge < -0.3 is 9.30 Å². The van der Waals surface area contributed by atoms with Gasteiger partial charge in [0.25, 0.3) is 5.56 Å². The molecule has 0 fully saturated rings. The van der Waals surface area contributed by atoms with Gasteiger partial charge in [-0.1, -0.05) is 0 Å². The van der Waals surface area contributed by atoms with Gasteiger partial charge in [-0.3, -0.25) is 9.59 Å². The van der Waals surface area contributed by atoms with Crippen molar-refractivity contribution in [1.82, 2.24) is 9.55 Å². The van der Waals surface area contributed by atoms with Gasteiger partial charge in [-0.15, -0.1) is 0 Å². The van der Waals surface area contributed by atoms with Crippen molar-refractivity contribution in [3.8, 4) is 0 Å². The third-order valence-corrected chi connectivity index (χ3v) is 3.07. The van der Waals surface area contributed by atoms with Crippen LogP contribution in [0.1, 0.15) is 29.9 Å². The SMILES string of the molecule is CCn1c(=O)c(C)nc2cc(C(=O)OCC(C)=O)ccc21. The minimum Gasteiger partial charge on any atom is -0.454 e. The molecule has 0 N–H and O–H groups in total. The first kappa shape index (κ1) is 14.9. The number of nitrogens with zero attached hydrogens (tertiary/aromatic N) is 2. The maximum absolute atomic E-state index is 12.0. The predicted molar refractivity (Wildman–Crippen MR) is 77.4 cm³/mol. The summed E-state index contributed by atoms with van der Waals surface area (Å²) in [6.07, 6.45) is 0. The number of carbonyl (C=O) groups is 2. The van der Waals surface area contributed by atoms with Crippen LogP contribution in [0.5, 0.6) is 0 Å². The van der Waals surface area contributed by atoms with Crippen LogP contribution in [0, 0.1) is 6.92 Å². The maximum atomic E-state index is 12.0. The number of ketones is 1. The van der Waals surface area contributed by atoms with Crippen LogP contribution >= 0.6 is 0 Å². The van der Waals surface area contributed by atoms with E-state index in [-0.39, 0.29) is 17.9 Å². The van der Waals surface area contributed by atoms with E-state index in [0.29, 0.717) is 28.8 Å². The largest absolute Gasteiger partial charge is 0.454 e. The molecule has 0 aliphatic heterocycles. The fraction of sp³-hybridized carbons (Fsp3) is 0.333. The van der Waals surface area contributed by atoms with Crippen LogP contribution in [0.3, 0.4) is 0 Å². The van der Waals surface area contributed by atoms with E-state index in [2.05, 4.69) is 4.98 Å². The smallest absolute Gasteiger partial charge is 0.338 e. The average molecular weight is 288 g/mol. The lowest BCUT2D eigenvalue weighted by molar-refractivity contribution is -0.120. The highest BCUT2D eigenvalue weighted by atomic mass is 16.5. The van der Waals surface area contributed by atoms with Crippen LogP contribution in [-0.4, -0.2) is 27.9 Å². The second-order valence-corrected chi connectivity index (χ2v) is 4.73. The zero-order valence-electron chi connectivity index (χ0n) is 12.2. The van der Waals surface area contributed by atoms with Crippen molar-refractivity contribution >= 4 is 22.8 Å². The summed E-state index contributed by atoms with van der Waals surface area (Å²) in [5.41, 5.74) is 1.75. The number of rotatable bonds is 4. The summed E-state index contributed by atoms with van der Waals surface area (Å²) in [5.74, 6) is -0.807. The summed E-state index contributed by atoms with van der Waals surface area (Å²) in [4.78, 5) is 38.9. The van der Waals surface area contributed by atoms with E-state index < -0.39 is 5.97 Å². The first-order valence-corrected chi connectivity index (χ1v) is 6.61. The molecule has 2 rings (SSSR count). The predicted octanol–water partition coefficient (Wildman–Crippen LogP) is 1.47. The van der Waals surface area contributed by atoms with E-state index in [4.69, 9.17) is 4.74 Å². The molecule has 1 heterocycles. The van der Waals surface area contributed by atoms with Crippen molar-refractivity contribution < 1.29 is 14.3 Å². The lowest BCUT2D eigenvalue weighted by atomic mass is 10.2. The minimum absolute atomic E-state index is 0.142. The van der Waals surface area contributed by atoms with E-state index in [1.165, 1.54) is 6.92 Å². The summed E-state index contributed by atoms with van der Waals surface area (Å²) in [6.45, 7) is 5.12. The molecule has 1 aromatic heterocycles. The highest BCUT2D eigenvalue weighted by Crippen LogP contribution is 2.14. The second-order valence-electron chi connectivity index (χ2n) is 4.73. The summed E-state index contributed by atoms with van der Waals surface area (Å²) in [5, 5.41) is 0. The number of esters is 1. The molecular weight excluding hydrogens is 272 g/mol. The van der Waals surface area contributed by atoms with Crippen LogP contribution in [-0.2, 0) is 16.1 Å². The van der Waals surface area contributed by atoms with E-state index in [9.17, 15) is 14.4 Å². The molecule has 0 amide bonds. The topological polar surface area (TPSA) is 78.3 Å². The molecule has 0 saturated heterocycles. The molecule has 6 nitrogen and oxygen atoms in total. The van der Waals surface area contributed by atoms with Gasteiger partial charge in [-0.05, 0) is 39.0 Å². The summed E-state index contributed by atoms with van der Waals surface area (Å²) in [7, 11) is 0. The zero-order valence-corrected chi connectivity index (χ0v) is 12.2. The Labute approximate surface area is 121 Å². The van der Waals surface area contributed by atoms with Crippen molar-refractivity contribution in [3.63, 3.8) is 0 Å². The van der Waals surface area contributed by atoms with Crippen molar-refractivity contribution in [1.29, 1.82) is 0 Å². The molecule has 6 heteroatoms. The number of aromatic nitrogens is 2. The molecule has 0 unspecified atom stereocenters. The van der Waals surface area contributed by atoms with E-state index in [1.807, 2.05) is 6.92 Å². The zero-order chi connectivity index (χ0) is 15.6. The van der Waals surface area contributed by atoms with Gasteiger partial charge in [-0.25, -0.2) is 9.78 Å². The highest BCUT2D eigenvalue weighted by Gasteiger charge is 2.12. The molecule has 110 valence electrons. The molecule has 0 spiro atoms. The number of Topliss-reactive ketones (excluding diaryl/α,β-unsaturated/α-hetero) is 1. The van der Waals surface area contributed by atoms with Gasteiger partial charge in [-0.2, -0.15) is 0 Å². The highest BCUT2D eigenvalue weighted by molar-refractivity contribution is 5.94. The average Bonchev–Trinajstić information content (AvgIpc) is 2.45. The summed E-state index contributed by atoms with van der Waals surface area (Å²) in [6, 6.07) is 4.79. The molecule has 0 radical (unpaired) electrons. The van der Waals surface area contributed by atoms with Crippen molar-refractivity contribution in [2.24, 2.45) is 0 Å². The van der Waals surface area contributed by atoms with Crippen molar-refractivity contribution in [2.45, 2.75) is 27.3 Å². The van der Waals surface area contributed by atoms with Crippen molar-refractivity contribution in [2.75, 3.05) is 6.61 Å².